The Kier molecular flexibility index (Phi) is 9.61. The summed E-state index contributed by atoms with van der Waals surface area (Å²) in [5.41, 5.74) is 9.37. The highest BCUT2D eigenvalue weighted by Crippen LogP contribution is 2.30. The van der Waals surface area contributed by atoms with E-state index in [-0.39, 0.29) is 45.0 Å². The number of ether oxygens (including phenoxy) is 3. The second kappa shape index (κ2) is 13.9. The Labute approximate surface area is 256 Å². The van der Waals surface area contributed by atoms with Crippen LogP contribution in [-0.4, -0.2) is 65.5 Å². The van der Waals surface area contributed by atoms with Gasteiger partial charge in [-0.15, -0.1) is 0 Å². The number of nitrogens with one attached hydrogen (secondary N) is 1. The second-order valence-corrected chi connectivity index (χ2v) is 10.6. The molecule has 45 heavy (non-hydrogen) atoms. The molecule has 0 unspecified atom stereocenters. The lowest BCUT2D eigenvalue weighted by Crippen LogP contribution is -2.57. The van der Waals surface area contributed by atoms with Crippen molar-refractivity contribution < 1.29 is 28.6 Å². The van der Waals surface area contributed by atoms with Gasteiger partial charge in [0.1, 0.15) is 25.0 Å². The first-order valence-electron chi connectivity index (χ1n) is 14.3. The Morgan fingerprint density at radius 1 is 0.978 bits per heavy atom. The van der Waals surface area contributed by atoms with Gasteiger partial charge in [-0.3, -0.25) is 33.7 Å². The van der Waals surface area contributed by atoms with E-state index in [1.54, 1.807) is 34.1 Å². The molecule has 2 saturated heterocycles. The zero-order valence-electron chi connectivity index (χ0n) is 24.4. The monoisotopic (exact) mass is 617 g/mol. The summed E-state index contributed by atoms with van der Waals surface area (Å²) in [6.07, 6.45) is -1.45. The fourth-order valence-corrected chi connectivity index (χ4v) is 5.21. The molecule has 3 heterocycles. The zero-order valence-corrected chi connectivity index (χ0v) is 24.4. The maximum atomic E-state index is 13.3. The van der Waals surface area contributed by atoms with E-state index < -0.39 is 47.7 Å². The molecule has 234 valence electrons. The summed E-state index contributed by atoms with van der Waals surface area (Å²) in [4.78, 5) is 70.7. The molecule has 2 aromatic carbocycles. The molecule has 0 aliphatic carbocycles. The fraction of sp³-hybridized carbons (Fsp3) is 0.367. The highest BCUT2D eigenvalue weighted by molar-refractivity contribution is 6.04. The van der Waals surface area contributed by atoms with E-state index in [9.17, 15) is 24.0 Å². The van der Waals surface area contributed by atoms with Crippen LogP contribution in [0.2, 0.25) is 0 Å². The molecular weight excluding hydrogens is 586 g/mol. The van der Waals surface area contributed by atoms with E-state index in [0.29, 0.717) is 16.9 Å². The van der Waals surface area contributed by atoms with E-state index in [1.165, 1.54) is 17.7 Å². The molecule has 0 bridgehead atoms. The molecule has 5 rings (SSSR count). The molecule has 15 heteroatoms. The van der Waals surface area contributed by atoms with Gasteiger partial charge in [0.25, 0.3) is 5.56 Å². The maximum Gasteiger partial charge on any atom is 0.330 e. The minimum atomic E-state index is -0.853. The molecule has 3 aromatic rings. The summed E-state index contributed by atoms with van der Waals surface area (Å²) in [6, 6.07) is 17.1. The van der Waals surface area contributed by atoms with Crippen LogP contribution in [0.4, 0.5) is 16.2 Å². The third-order valence-electron chi connectivity index (χ3n) is 7.47. The van der Waals surface area contributed by atoms with E-state index in [2.05, 4.69) is 15.0 Å². The second-order valence-electron chi connectivity index (χ2n) is 10.6. The predicted molar refractivity (Wildman–Crippen MR) is 161 cm³/mol. The van der Waals surface area contributed by atoms with Crippen LogP contribution in [0.25, 0.3) is 10.4 Å². The number of aryl methyl sites for hydroxylation is 1. The molecule has 1 aromatic heterocycles. The van der Waals surface area contributed by atoms with Gasteiger partial charge >= 0.3 is 23.7 Å². The van der Waals surface area contributed by atoms with E-state index in [0.717, 1.165) is 0 Å². The lowest BCUT2D eigenvalue weighted by atomic mass is 10.1. The van der Waals surface area contributed by atoms with Crippen LogP contribution in [0.3, 0.4) is 0 Å². The Hall–Kier alpha value is -5.40. The van der Waals surface area contributed by atoms with Gasteiger partial charge in [-0.2, -0.15) is 0 Å². The number of esters is 2. The quantitative estimate of drug-likeness (QED) is 0.155. The Morgan fingerprint density at radius 3 is 2.18 bits per heavy atom. The number of carbonyl (C=O) groups excluding carboxylic acids is 3. The van der Waals surface area contributed by atoms with Crippen molar-refractivity contribution in [1.82, 2.24) is 9.55 Å². The van der Waals surface area contributed by atoms with Crippen LogP contribution in [0, 0.1) is 6.92 Å². The maximum absolute atomic E-state index is 13.3. The van der Waals surface area contributed by atoms with Gasteiger partial charge < -0.3 is 14.2 Å². The molecular formula is C30H31N7O8. The van der Waals surface area contributed by atoms with Gasteiger partial charge in [0, 0.05) is 34.5 Å². The van der Waals surface area contributed by atoms with Crippen LogP contribution >= 0.6 is 0 Å². The number of para-hydroxylation sites is 2. The summed E-state index contributed by atoms with van der Waals surface area (Å²) in [5, 5.41) is 3.70. The first-order chi connectivity index (χ1) is 21.7. The van der Waals surface area contributed by atoms with Crippen molar-refractivity contribution in [3.05, 3.63) is 104 Å². The summed E-state index contributed by atoms with van der Waals surface area (Å²) < 4.78 is 18.0. The van der Waals surface area contributed by atoms with Gasteiger partial charge in [0.05, 0.1) is 32.0 Å². The predicted octanol–water partition coefficient (Wildman–Crippen LogP) is 3.19. The third-order valence-corrected chi connectivity index (χ3v) is 7.47. The van der Waals surface area contributed by atoms with Crippen LogP contribution in [0.15, 0.2) is 81.6 Å². The minimum absolute atomic E-state index is 0.119. The normalized spacial score (nSPS) is 20.0. The number of rotatable bonds is 10. The van der Waals surface area contributed by atoms with Gasteiger partial charge in [0.15, 0.2) is 0 Å². The molecule has 2 amide bonds. The average molecular weight is 618 g/mol. The molecule has 1 N–H and O–H groups in total. The number of hydrogen-bond acceptors (Lipinski definition) is 9. The van der Waals surface area contributed by atoms with Crippen molar-refractivity contribution in [3.8, 4) is 0 Å². The van der Waals surface area contributed by atoms with Gasteiger partial charge in [-0.05, 0) is 36.7 Å². The number of aromatic nitrogens is 2. The first-order valence-corrected chi connectivity index (χ1v) is 14.3. The summed E-state index contributed by atoms with van der Waals surface area (Å²) in [6.45, 7) is 1.53. The number of carbonyl (C=O) groups is 3. The van der Waals surface area contributed by atoms with E-state index in [1.807, 2.05) is 36.4 Å². The number of aromatic amines is 1. The largest absolute Gasteiger partial charge is 0.463 e. The standard InChI is InChI=1S/C30H31N7O8/c1-19-15-37(29(41)32-28(19)40)25-14-23(33-34-31)24(45-25)18-43-26(38)12-13-27(39)44-22-16-35(20-8-4-2-5-9-20)30(42)36(17-22)21-10-6-3-7-11-21/h2-11,15,22-25H,12-14,16-18H2,1H3,(H,32,40,41)/t23-,24+,25+/m0/s1. The van der Waals surface area contributed by atoms with Gasteiger partial charge in [0.2, 0.25) is 0 Å². The molecule has 3 atom stereocenters. The summed E-state index contributed by atoms with van der Waals surface area (Å²) >= 11 is 0. The zero-order chi connectivity index (χ0) is 31.9. The molecule has 15 nitrogen and oxygen atoms in total. The minimum Gasteiger partial charge on any atom is -0.463 e. The lowest BCUT2D eigenvalue weighted by molar-refractivity contribution is -0.155. The number of hydrogen-bond donors (Lipinski definition) is 1. The van der Waals surface area contributed by atoms with Crippen molar-refractivity contribution in [2.45, 2.75) is 50.7 Å². The smallest absolute Gasteiger partial charge is 0.330 e. The number of benzene rings is 2. The van der Waals surface area contributed by atoms with Crippen LogP contribution in [0.1, 0.15) is 31.1 Å². The van der Waals surface area contributed by atoms with Crippen LogP contribution in [0.5, 0.6) is 0 Å². The third kappa shape index (κ3) is 7.40. The van der Waals surface area contributed by atoms with E-state index >= 15 is 0 Å². The number of azide groups is 1. The van der Waals surface area contributed by atoms with E-state index in [4.69, 9.17) is 19.7 Å². The number of anilines is 2. The molecule has 0 radical (unpaired) electrons. The topological polar surface area (TPSA) is 189 Å². The number of amides is 2. The fourth-order valence-electron chi connectivity index (χ4n) is 5.21. The first kappa shape index (κ1) is 31.0. The van der Waals surface area contributed by atoms with Crippen molar-refractivity contribution in [1.29, 1.82) is 0 Å². The number of urea groups is 1. The molecule has 2 aliphatic rings. The lowest BCUT2D eigenvalue weighted by Gasteiger charge is -2.39. The SMILES string of the molecule is Cc1cn([C@H]2C[C@H](N=[N+]=[N-])[C@@H](COC(=O)CCC(=O)OC3CN(c4ccccc4)C(=O)N(c4ccccc4)C3)O2)c(=O)[nH]c1=O. The van der Waals surface area contributed by atoms with Crippen LogP contribution < -0.4 is 21.0 Å². The summed E-state index contributed by atoms with van der Waals surface area (Å²) in [5.74, 6) is -1.34. The number of nitrogens with zero attached hydrogens (tertiary/aromatic N) is 6. The van der Waals surface area contributed by atoms with Gasteiger partial charge in [-0.1, -0.05) is 41.5 Å². The molecule has 0 spiro atoms. The van der Waals surface area contributed by atoms with Crippen molar-refractivity contribution in [3.63, 3.8) is 0 Å². The van der Waals surface area contributed by atoms with Crippen molar-refractivity contribution >= 4 is 29.3 Å². The van der Waals surface area contributed by atoms with Gasteiger partial charge in [-0.25, -0.2) is 9.59 Å². The Bertz CT molecular complexity index is 1650. The van der Waals surface area contributed by atoms with Crippen LogP contribution in [-0.2, 0) is 23.8 Å². The Morgan fingerprint density at radius 2 is 1.58 bits per heavy atom. The highest BCUT2D eigenvalue weighted by Gasteiger charge is 2.38. The molecule has 2 aliphatic heterocycles. The number of H-pyrrole nitrogens is 1. The Balaban J connectivity index is 1.16. The molecule has 0 saturated carbocycles. The average Bonchev–Trinajstić information content (AvgIpc) is 3.44. The summed E-state index contributed by atoms with van der Waals surface area (Å²) in [7, 11) is 0. The molecule has 2 fully saturated rings. The van der Waals surface area contributed by atoms with Crippen molar-refractivity contribution in [2.75, 3.05) is 29.5 Å². The highest BCUT2D eigenvalue weighted by atomic mass is 16.6. The van der Waals surface area contributed by atoms with Crippen molar-refractivity contribution in [2.24, 2.45) is 5.11 Å².